The predicted molar refractivity (Wildman–Crippen MR) is 104 cm³/mol. The van der Waals surface area contributed by atoms with Crippen LogP contribution in [0.5, 0.6) is 0 Å². The molecule has 30 heavy (non-hydrogen) atoms. The summed E-state index contributed by atoms with van der Waals surface area (Å²) in [7, 11) is 0. The van der Waals surface area contributed by atoms with Crippen LogP contribution in [0.15, 0.2) is 0 Å². The van der Waals surface area contributed by atoms with Gasteiger partial charge >= 0.3 is 35.5 Å². The molecule has 0 aromatic carbocycles. The van der Waals surface area contributed by atoms with Crippen molar-refractivity contribution in [2.45, 2.75) is 95.8 Å². The fourth-order valence-electron chi connectivity index (χ4n) is 2.34. The van der Waals surface area contributed by atoms with Crippen molar-refractivity contribution in [3.63, 3.8) is 0 Å². The summed E-state index contributed by atoms with van der Waals surface area (Å²) in [4.78, 5) is 0. The number of rotatable bonds is 13. The molecule has 0 aliphatic carbocycles. The Morgan fingerprint density at radius 2 is 0.733 bits per heavy atom. The molecule has 2 atom stereocenters. The first-order valence-electron chi connectivity index (χ1n) is 8.76. The Hall–Kier alpha value is 0.620. The molecule has 0 saturated carbocycles. The fraction of sp³-hybridized carbons (Fsp3) is 1.00. The van der Waals surface area contributed by atoms with Crippen LogP contribution in [0, 0.1) is 0 Å². The molecular weight excluding hydrogens is 674 g/mol. The van der Waals surface area contributed by atoms with E-state index in [0.717, 1.165) is 0 Å². The van der Waals surface area contributed by atoms with Gasteiger partial charge in [-0.1, -0.05) is 84.7 Å². The molecule has 0 nitrogen and oxygen atoms in total. The quantitative estimate of drug-likeness (QED) is 0.103. The van der Waals surface area contributed by atoms with Gasteiger partial charge in [-0.25, -0.2) is 0 Å². The van der Waals surface area contributed by atoms with Crippen LogP contribution >= 0.6 is 45.2 Å². The molecule has 0 aliphatic heterocycles. The normalized spacial score (nSPS) is 17.2. The topological polar surface area (TPSA) is 0 Å². The number of halogens is 14. The van der Waals surface area contributed by atoms with E-state index in [2.05, 4.69) is 0 Å². The molecule has 0 bridgehead atoms. The van der Waals surface area contributed by atoms with E-state index in [1.165, 1.54) is 13.8 Å². The molecule has 0 N–H and O–H groups in total. The molecule has 0 aromatic rings. The second-order valence-electron chi connectivity index (χ2n) is 6.76. The molecule has 0 spiro atoms. The van der Waals surface area contributed by atoms with Gasteiger partial charge in [0.2, 0.25) is 0 Å². The molecule has 2 unspecified atom stereocenters. The summed E-state index contributed by atoms with van der Waals surface area (Å²) in [5.41, 5.74) is 0. The monoisotopic (exact) mass is 694 g/mol. The van der Waals surface area contributed by atoms with Crippen molar-refractivity contribution in [2.75, 3.05) is 0 Å². The van der Waals surface area contributed by atoms with Gasteiger partial charge < -0.3 is 0 Å². The van der Waals surface area contributed by atoms with Gasteiger partial charge in [-0.2, -0.15) is 52.7 Å². The summed E-state index contributed by atoms with van der Waals surface area (Å²) in [6, 6.07) is 0. The van der Waals surface area contributed by atoms with E-state index in [0.29, 0.717) is 45.2 Å². The zero-order valence-corrected chi connectivity index (χ0v) is 20.0. The summed E-state index contributed by atoms with van der Waals surface area (Å²) in [5, 5.41) is 0. The van der Waals surface area contributed by atoms with Crippen molar-refractivity contribution in [3.05, 3.63) is 0 Å². The van der Waals surface area contributed by atoms with Gasteiger partial charge in [0.15, 0.2) is 0 Å². The van der Waals surface area contributed by atoms with Gasteiger partial charge in [-0.15, -0.1) is 0 Å². The smallest absolute Gasteiger partial charge is 0.198 e. The highest BCUT2D eigenvalue weighted by atomic mass is 127. The molecule has 0 aliphatic rings. The second-order valence-corrected chi connectivity index (χ2v) is 9.77. The van der Waals surface area contributed by atoms with Crippen molar-refractivity contribution in [3.8, 4) is 0 Å². The molecular formula is C16H20F12I2. The van der Waals surface area contributed by atoms with Gasteiger partial charge in [0.05, 0.1) is 7.85 Å². The first kappa shape index (κ1) is 30.6. The van der Waals surface area contributed by atoms with Crippen LogP contribution in [0.2, 0.25) is 0 Å². The van der Waals surface area contributed by atoms with Crippen molar-refractivity contribution in [1.82, 2.24) is 0 Å². The van der Waals surface area contributed by atoms with Gasteiger partial charge in [0, 0.05) is 0 Å². The average molecular weight is 694 g/mol. The van der Waals surface area contributed by atoms with Crippen molar-refractivity contribution in [2.24, 2.45) is 0 Å². The molecule has 0 aromatic heterocycles. The molecule has 0 fully saturated rings. The van der Waals surface area contributed by atoms with Crippen molar-refractivity contribution in [1.29, 1.82) is 0 Å². The molecule has 14 heteroatoms. The zero-order valence-electron chi connectivity index (χ0n) is 15.7. The lowest BCUT2D eigenvalue weighted by atomic mass is 9.88. The van der Waals surface area contributed by atoms with Crippen LogP contribution in [-0.2, 0) is 0 Å². The van der Waals surface area contributed by atoms with Crippen LogP contribution in [0.3, 0.4) is 0 Å². The maximum absolute atomic E-state index is 13.9. The minimum atomic E-state index is -7.48. The minimum absolute atomic E-state index is 0.160. The maximum atomic E-state index is 13.9. The van der Waals surface area contributed by atoms with E-state index in [9.17, 15) is 52.7 Å². The molecule has 0 rings (SSSR count). The third-order valence-corrected chi connectivity index (χ3v) is 7.24. The van der Waals surface area contributed by atoms with Gasteiger partial charge in [-0.3, -0.25) is 0 Å². The highest BCUT2D eigenvalue weighted by Gasteiger charge is 2.90. The predicted octanol–water partition coefficient (Wildman–Crippen LogP) is 8.79. The third-order valence-electron chi connectivity index (χ3n) is 4.43. The standard InChI is InChI=1S/C16H20F12I2/c1-3-5-7-9(29)11(17,18)13(21,22)15(25,26)16(27,28)14(23,24)12(19,20)10(30)8-6-4-2/h9-10H,3-8H2,1-2H3. The van der Waals surface area contributed by atoms with Crippen LogP contribution < -0.4 is 0 Å². The molecule has 0 heterocycles. The van der Waals surface area contributed by atoms with E-state index in [1.54, 1.807) is 0 Å². The van der Waals surface area contributed by atoms with Gasteiger partial charge in [0.25, 0.3) is 0 Å². The third kappa shape index (κ3) is 5.07. The number of hydrogen-bond acceptors (Lipinski definition) is 0. The Bertz CT molecular complexity index is 502. The summed E-state index contributed by atoms with van der Waals surface area (Å²) in [6.07, 6.45) is -1.67. The summed E-state index contributed by atoms with van der Waals surface area (Å²) in [6.45, 7) is 2.87. The summed E-state index contributed by atoms with van der Waals surface area (Å²) >= 11 is 1.24. The second kappa shape index (κ2) is 10.3. The van der Waals surface area contributed by atoms with Crippen molar-refractivity contribution < 1.29 is 52.7 Å². The molecule has 182 valence electrons. The van der Waals surface area contributed by atoms with Crippen LogP contribution in [0.25, 0.3) is 0 Å². The first-order valence-corrected chi connectivity index (χ1v) is 11.3. The minimum Gasteiger partial charge on any atom is -0.198 e. The Morgan fingerprint density at radius 1 is 0.500 bits per heavy atom. The first-order chi connectivity index (χ1) is 13.2. The maximum Gasteiger partial charge on any atom is 0.384 e. The summed E-state index contributed by atoms with van der Waals surface area (Å²) < 4.78 is 162. The molecule has 0 saturated heterocycles. The van der Waals surface area contributed by atoms with E-state index >= 15 is 0 Å². The number of alkyl halides is 14. The van der Waals surface area contributed by atoms with E-state index in [4.69, 9.17) is 0 Å². The van der Waals surface area contributed by atoms with Gasteiger partial charge in [-0.05, 0) is 12.8 Å². The highest BCUT2D eigenvalue weighted by molar-refractivity contribution is 14.1. The molecule has 0 radical (unpaired) electrons. The fourth-order valence-corrected chi connectivity index (χ4v) is 4.00. The lowest BCUT2D eigenvalue weighted by Crippen LogP contribution is -2.72. The van der Waals surface area contributed by atoms with Crippen LogP contribution in [0.4, 0.5) is 52.7 Å². The zero-order chi connectivity index (χ0) is 24.4. The Balaban J connectivity index is 6.25. The molecule has 0 amide bonds. The largest absolute Gasteiger partial charge is 0.384 e. The number of unbranched alkanes of at least 4 members (excludes halogenated alkanes) is 2. The Labute approximate surface area is 193 Å². The van der Waals surface area contributed by atoms with E-state index < -0.39 is 56.2 Å². The summed E-state index contributed by atoms with van der Waals surface area (Å²) in [5.74, 6) is -40.8. The van der Waals surface area contributed by atoms with Crippen molar-refractivity contribution >= 4 is 45.2 Å². The van der Waals surface area contributed by atoms with Gasteiger partial charge in [0.1, 0.15) is 0 Å². The highest BCUT2D eigenvalue weighted by Crippen LogP contribution is 2.62. The van der Waals surface area contributed by atoms with E-state index in [-0.39, 0.29) is 25.7 Å². The Morgan fingerprint density at radius 3 is 0.933 bits per heavy atom. The Kier molecular flexibility index (Phi) is 10.5. The average Bonchev–Trinajstić information content (AvgIpc) is 2.62. The lowest BCUT2D eigenvalue weighted by molar-refractivity contribution is -0.423. The van der Waals surface area contributed by atoms with Crippen LogP contribution in [-0.4, -0.2) is 43.4 Å². The SMILES string of the molecule is CCCCC(I)C(F)(F)C(F)(F)C(F)(F)C(F)(F)C(F)(F)C(F)(F)C(I)CCCC. The number of hydrogen-bond donors (Lipinski definition) is 0. The van der Waals surface area contributed by atoms with Crippen LogP contribution in [0.1, 0.15) is 52.4 Å². The lowest BCUT2D eigenvalue weighted by Gasteiger charge is -2.43. The van der Waals surface area contributed by atoms with E-state index in [1.807, 2.05) is 0 Å².